The largest absolute Gasteiger partial charge is 0.399 e. The van der Waals surface area contributed by atoms with Gasteiger partial charge in [0.15, 0.2) is 17.5 Å². The van der Waals surface area contributed by atoms with Crippen LogP contribution in [0.2, 0.25) is 0 Å². The number of rotatable bonds is 2. The molecule has 0 aliphatic carbocycles. The summed E-state index contributed by atoms with van der Waals surface area (Å²) in [5, 5.41) is 4.15. The van der Waals surface area contributed by atoms with Crippen molar-refractivity contribution in [1.29, 1.82) is 0 Å². The summed E-state index contributed by atoms with van der Waals surface area (Å²) in [5.41, 5.74) is 6.04. The zero-order valence-corrected chi connectivity index (χ0v) is 10.7. The Balaban J connectivity index is 2.10. The van der Waals surface area contributed by atoms with Crippen LogP contribution in [0.1, 0.15) is 0 Å². The minimum Gasteiger partial charge on any atom is -0.399 e. The van der Waals surface area contributed by atoms with E-state index in [4.69, 9.17) is 5.73 Å². The van der Waals surface area contributed by atoms with Gasteiger partial charge in [0.2, 0.25) is 0 Å². The van der Waals surface area contributed by atoms with Gasteiger partial charge in [0, 0.05) is 17.3 Å². The molecule has 0 spiro atoms. The molecule has 3 aromatic rings. The summed E-state index contributed by atoms with van der Waals surface area (Å²) in [4.78, 5) is 4.09. The first-order chi connectivity index (χ1) is 10.1. The molecule has 0 fully saturated rings. The number of halogens is 3. The predicted molar refractivity (Wildman–Crippen MR) is 75.8 cm³/mol. The van der Waals surface area contributed by atoms with Crippen molar-refractivity contribution in [2.45, 2.75) is 0 Å². The second kappa shape index (κ2) is 4.97. The van der Waals surface area contributed by atoms with Crippen molar-refractivity contribution in [3.63, 3.8) is 0 Å². The molecule has 3 nitrogen and oxygen atoms in total. The van der Waals surface area contributed by atoms with Gasteiger partial charge < -0.3 is 11.1 Å². The zero-order valence-electron chi connectivity index (χ0n) is 10.7. The van der Waals surface area contributed by atoms with Gasteiger partial charge in [-0.3, -0.25) is 0 Å². The molecule has 3 rings (SSSR count). The van der Waals surface area contributed by atoms with Crippen LogP contribution in [0.5, 0.6) is 0 Å². The summed E-state index contributed by atoms with van der Waals surface area (Å²) >= 11 is 0. The van der Waals surface area contributed by atoms with Crippen LogP contribution in [0.15, 0.2) is 42.6 Å². The highest BCUT2D eigenvalue weighted by Crippen LogP contribution is 2.28. The fourth-order valence-corrected chi connectivity index (χ4v) is 2.04. The molecule has 0 bridgehead atoms. The van der Waals surface area contributed by atoms with Crippen molar-refractivity contribution in [2.24, 2.45) is 0 Å². The second-order valence-electron chi connectivity index (χ2n) is 4.49. The number of aromatic nitrogens is 1. The van der Waals surface area contributed by atoms with Crippen LogP contribution in [0, 0.1) is 17.5 Å². The van der Waals surface area contributed by atoms with Gasteiger partial charge in [0.1, 0.15) is 5.82 Å². The Morgan fingerprint density at radius 2 is 1.76 bits per heavy atom. The van der Waals surface area contributed by atoms with E-state index in [0.29, 0.717) is 16.9 Å². The molecule has 3 N–H and O–H groups in total. The topological polar surface area (TPSA) is 50.9 Å². The molecule has 0 radical (unpaired) electrons. The number of hydrogen-bond donors (Lipinski definition) is 2. The van der Waals surface area contributed by atoms with Crippen LogP contribution in [-0.4, -0.2) is 4.98 Å². The van der Waals surface area contributed by atoms with Crippen molar-refractivity contribution in [2.75, 3.05) is 11.1 Å². The summed E-state index contributed by atoms with van der Waals surface area (Å²) in [7, 11) is 0. The Kier molecular flexibility index (Phi) is 3.13. The van der Waals surface area contributed by atoms with Crippen molar-refractivity contribution in [3.8, 4) is 0 Å². The maximum Gasteiger partial charge on any atom is 0.196 e. The highest BCUT2D eigenvalue weighted by molar-refractivity contribution is 5.95. The molecule has 6 heteroatoms. The molecule has 0 aliphatic rings. The lowest BCUT2D eigenvalue weighted by molar-refractivity contribution is 0.449. The smallest absolute Gasteiger partial charge is 0.196 e. The molecule has 0 amide bonds. The van der Waals surface area contributed by atoms with Crippen molar-refractivity contribution in [1.82, 2.24) is 4.98 Å². The lowest BCUT2D eigenvalue weighted by Gasteiger charge is -2.10. The maximum absolute atomic E-state index is 13.7. The molecular weight excluding hydrogens is 279 g/mol. The Morgan fingerprint density at radius 1 is 0.952 bits per heavy atom. The van der Waals surface area contributed by atoms with E-state index in [1.165, 1.54) is 6.20 Å². The molecule has 0 unspecified atom stereocenters. The fourth-order valence-electron chi connectivity index (χ4n) is 2.04. The number of nitrogens with two attached hydrogens (primary N) is 1. The molecule has 0 saturated carbocycles. The van der Waals surface area contributed by atoms with Crippen LogP contribution >= 0.6 is 0 Å². The highest BCUT2D eigenvalue weighted by atomic mass is 19.2. The average molecular weight is 289 g/mol. The van der Waals surface area contributed by atoms with Gasteiger partial charge in [-0.25, -0.2) is 18.2 Å². The third kappa shape index (κ3) is 2.35. The first-order valence-corrected chi connectivity index (χ1v) is 6.11. The third-order valence-corrected chi connectivity index (χ3v) is 3.08. The number of pyridine rings is 1. The third-order valence-electron chi connectivity index (χ3n) is 3.08. The Bertz CT molecular complexity index is 834. The quantitative estimate of drug-likeness (QED) is 0.554. The number of nitrogen functional groups attached to an aromatic ring is 1. The number of hydrogen-bond acceptors (Lipinski definition) is 3. The van der Waals surface area contributed by atoms with Gasteiger partial charge in [-0.2, -0.15) is 0 Å². The summed E-state index contributed by atoms with van der Waals surface area (Å²) in [5.74, 6) is -3.75. The molecule has 1 aromatic heterocycles. The fraction of sp³-hybridized carbons (Fsp3) is 0. The Hall–Kier alpha value is -2.76. The maximum atomic E-state index is 13.7. The van der Waals surface area contributed by atoms with E-state index < -0.39 is 17.5 Å². The molecule has 106 valence electrons. The lowest BCUT2D eigenvalue weighted by atomic mass is 10.1. The molecular formula is C15H10F3N3. The second-order valence-corrected chi connectivity index (χ2v) is 4.49. The van der Waals surface area contributed by atoms with E-state index in [1.54, 1.807) is 24.3 Å². The first-order valence-electron chi connectivity index (χ1n) is 6.11. The predicted octanol–water partition coefficient (Wildman–Crippen LogP) is 3.98. The van der Waals surface area contributed by atoms with Gasteiger partial charge in [-0.05, 0) is 35.7 Å². The SMILES string of the molecule is Nc1ccc2ccnc(Nc3ccc(F)c(F)c3F)c2c1. The van der Waals surface area contributed by atoms with E-state index in [9.17, 15) is 13.2 Å². The van der Waals surface area contributed by atoms with Gasteiger partial charge >= 0.3 is 0 Å². The first kappa shape index (κ1) is 13.2. The van der Waals surface area contributed by atoms with Crippen molar-refractivity contribution < 1.29 is 13.2 Å². The molecule has 0 atom stereocenters. The Labute approximate surface area is 118 Å². The normalized spacial score (nSPS) is 10.8. The number of fused-ring (bicyclic) bond motifs is 1. The zero-order chi connectivity index (χ0) is 15.0. The number of anilines is 3. The van der Waals surface area contributed by atoms with Crippen LogP contribution < -0.4 is 11.1 Å². The average Bonchev–Trinajstić information content (AvgIpc) is 2.48. The highest BCUT2D eigenvalue weighted by Gasteiger charge is 2.14. The van der Waals surface area contributed by atoms with Crippen molar-refractivity contribution in [3.05, 3.63) is 60.0 Å². The number of nitrogens with zero attached hydrogens (tertiary/aromatic N) is 1. The van der Waals surface area contributed by atoms with Gasteiger partial charge in [0.05, 0.1) is 5.69 Å². The van der Waals surface area contributed by atoms with Gasteiger partial charge in [0.25, 0.3) is 0 Å². The minimum atomic E-state index is -1.53. The van der Waals surface area contributed by atoms with E-state index in [0.717, 1.165) is 17.5 Å². The molecule has 0 aliphatic heterocycles. The summed E-state index contributed by atoms with van der Waals surface area (Å²) in [6, 6.07) is 8.91. The monoisotopic (exact) mass is 289 g/mol. The molecule has 1 heterocycles. The molecule has 2 aromatic carbocycles. The summed E-state index contributed by atoms with van der Waals surface area (Å²) < 4.78 is 39.9. The number of nitrogens with one attached hydrogen (secondary N) is 1. The van der Waals surface area contributed by atoms with Crippen LogP contribution in [0.4, 0.5) is 30.4 Å². The standard InChI is InChI=1S/C15H10F3N3/c16-11-3-4-12(14(18)13(11)17)21-15-10-7-9(19)2-1-8(10)5-6-20-15/h1-7H,19H2,(H,20,21). The van der Waals surface area contributed by atoms with Crippen LogP contribution in [0.25, 0.3) is 10.8 Å². The van der Waals surface area contributed by atoms with Crippen molar-refractivity contribution >= 4 is 28.0 Å². The van der Waals surface area contributed by atoms with Crippen LogP contribution in [0.3, 0.4) is 0 Å². The van der Waals surface area contributed by atoms with E-state index in [2.05, 4.69) is 10.3 Å². The lowest BCUT2D eigenvalue weighted by Crippen LogP contribution is -2.01. The Morgan fingerprint density at radius 3 is 2.57 bits per heavy atom. The van der Waals surface area contributed by atoms with Gasteiger partial charge in [-0.15, -0.1) is 0 Å². The molecule has 0 saturated heterocycles. The van der Waals surface area contributed by atoms with Crippen LogP contribution in [-0.2, 0) is 0 Å². The number of benzene rings is 2. The van der Waals surface area contributed by atoms with E-state index in [-0.39, 0.29) is 5.69 Å². The summed E-state index contributed by atoms with van der Waals surface area (Å²) in [6.07, 6.45) is 1.53. The van der Waals surface area contributed by atoms with Gasteiger partial charge in [-0.1, -0.05) is 6.07 Å². The molecule has 21 heavy (non-hydrogen) atoms. The van der Waals surface area contributed by atoms with E-state index >= 15 is 0 Å². The van der Waals surface area contributed by atoms with E-state index in [1.807, 2.05) is 0 Å². The minimum absolute atomic E-state index is 0.198. The summed E-state index contributed by atoms with van der Waals surface area (Å²) in [6.45, 7) is 0.